The van der Waals surface area contributed by atoms with Crippen molar-refractivity contribution in [2.45, 2.75) is 20.3 Å². The summed E-state index contributed by atoms with van der Waals surface area (Å²) in [6.07, 6.45) is 0.774. The van der Waals surface area contributed by atoms with E-state index in [9.17, 15) is 9.59 Å². The van der Waals surface area contributed by atoms with E-state index in [1.165, 1.54) is 0 Å². The lowest BCUT2D eigenvalue weighted by Crippen LogP contribution is -2.42. The Balaban J connectivity index is 1.52. The molecule has 0 aliphatic heterocycles. The molecule has 162 valence electrons. The number of aromatic nitrogens is 5. The van der Waals surface area contributed by atoms with Gasteiger partial charge in [-0.25, -0.2) is 9.67 Å². The lowest BCUT2D eigenvalue weighted by atomic mass is 10.1. The number of nitrogens with one attached hydrogen (secondary N) is 3. The Labute approximate surface area is 184 Å². The van der Waals surface area contributed by atoms with Crippen LogP contribution in [0.4, 0.5) is 0 Å². The molecular formula is C23H23N7O2. The maximum atomic E-state index is 12.7. The first-order valence-electron chi connectivity index (χ1n) is 10.2. The normalized spacial score (nSPS) is 10.8. The van der Waals surface area contributed by atoms with Crippen LogP contribution in [0.5, 0.6) is 0 Å². The maximum Gasteiger partial charge on any atom is 0.309 e. The molecule has 9 heteroatoms. The highest BCUT2D eigenvalue weighted by atomic mass is 16.2. The molecule has 0 aliphatic rings. The maximum absolute atomic E-state index is 12.7. The number of hydrogen-bond donors (Lipinski definition) is 3. The highest BCUT2D eigenvalue weighted by molar-refractivity contribution is 5.96. The average Bonchev–Trinajstić information content (AvgIpc) is 3.46. The number of hydrazine groups is 1. The van der Waals surface area contributed by atoms with Crippen LogP contribution in [0.1, 0.15) is 40.6 Å². The first-order chi connectivity index (χ1) is 15.5. The summed E-state index contributed by atoms with van der Waals surface area (Å²) in [5, 5.41) is 11.2. The number of H-pyrrole nitrogens is 1. The first-order valence-corrected chi connectivity index (χ1v) is 10.2. The second kappa shape index (κ2) is 9.25. The van der Waals surface area contributed by atoms with E-state index in [-0.39, 0.29) is 11.5 Å². The standard InChI is InChI=1S/C23H23N7O2/c1-15(2)13-17-14-19(26-25-17)22(31)27-28-23(32)20-24-21(16-9-5-3-6-10-16)30(29-20)18-11-7-4-8-12-18/h3-12,14-15H,13H2,1-2H3,(H,25,26)(H,27,31)(H,28,32). The lowest BCUT2D eigenvalue weighted by Gasteiger charge is -2.05. The van der Waals surface area contributed by atoms with Gasteiger partial charge in [0.25, 0.3) is 5.91 Å². The van der Waals surface area contributed by atoms with Crippen molar-refractivity contribution in [1.29, 1.82) is 0 Å². The van der Waals surface area contributed by atoms with Gasteiger partial charge in [0.1, 0.15) is 0 Å². The Morgan fingerprint density at radius 1 is 0.969 bits per heavy atom. The van der Waals surface area contributed by atoms with Gasteiger partial charge in [-0.3, -0.25) is 25.5 Å². The Hall–Kier alpha value is -4.27. The first kappa shape index (κ1) is 21.0. The summed E-state index contributed by atoms with van der Waals surface area (Å²) in [6.45, 7) is 4.15. The van der Waals surface area contributed by atoms with Crippen LogP contribution in [0.3, 0.4) is 0 Å². The summed E-state index contributed by atoms with van der Waals surface area (Å²) in [7, 11) is 0. The van der Waals surface area contributed by atoms with Gasteiger partial charge in [-0.15, -0.1) is 5.10 Å². The summed E-state index contributed by atoms with van der Waals surface area (Å²) in [4.78, 5) is 29.4. The smallest absolute Gasteiger partial charge is 0.282 e. The minimum Gasteiger partial charge on any atom is -0.282 e. The van der Waals surface area contributed by atoms with E-state index < -0.39 is 11.8 Å². The minimum absolute atomic E-state index is 0.0736. The highest BCUT2D eigenvalue weighted by Crippen LogP contribution is 2.20. The zero-order chi connectivity index (χ0) is 22.5. The van der Waals surface area contributed by atoms with Crippen molar-refractivity contribution < 1.29 is 9.59 Å². The molecule has 0 saturated heterocycles. The van der Waals surface area contributed by atoms with Gasteiger partial charge >= 0.3 is 5.91 Å². The Morgan fingerprint density at radius 3 is 2.31 bits per heavy atom. The fraction of sp³-hybridized carbons (Fsp3) is 0.174. The van der Waals surface area contributed by atoms with Crippen molar-refractivity contribution in [1.82, 2.24) is 35.8 Å². The van der Waals surface area contributed by atoms with E-state index in [1.54, 1.807) is 10.7 Å². The summed E-state index contributed by atoms with van der Waals surface area (Å²) in [5.74, 6) is -0.302. The van der Waals surface area contributed by atoms with Crippen molar-refractivity contribution in [3.63, 3.8) is 0 Å². The van der Waals surface area contributed by atoms with Crippen molar-refractivity contribution >= 4 is 11.8 Å². The zero-order valence-electron chi connectivity index (χ0n) is 17.7. The van der Waals surface area contributed by atoms with Crippen molar-refractivity contribution in [2.24, 2.45) is 5.92 Å². The number of para-hydroxylation sites is 1. The lowest BCUT2D eigenvalue weighted by molar-refractivity contribution is 0.0838. The fourth-order valence-corrected chi connectivity index (χ4v) is 3.19. The van der Waals surface area contributed by atoms with Crippen LogP contribution in [-0.4, -0.2) is 36.8 Å². The number of carbonyl (C=O) groups is 2. The number of aromatic amines is 1. The van der Waals surface area contributed by atoms with Crippen LogP contribution in [0.25, 0.3) is 17.1 Å². The SMILES string of the molecule is CC(C)Cc1cc(C(=O)NNC(=O)c2nc(-c3ccccc3)n(-c3ccccc3)n2)n[nH]1. The molecule has 3 N–H and O–H groups in total. The molecule has 9 nitrogen and oxygen atoms in total. The molecule has 2 aromatic heterocycles. The molecule has 0 aliphatic carbocycles. The van der Waals surface area contributed by atoms with E-state index in [0.29, 0.717) is 11.7 Å². The topological polar surface area (TPSA) is 118 Å². The molecule has 2 heterocycles. The van der Waals surface area contributed by atoms with Crippen LogP contribution < -0.4 is 10.9 Å². The molecule has 0 spiro atoms. The zero-order valence-corrected chi connectivity index (χ0v) is 17.7. The van der Waals surface area contributed by atoms with Gasteiger partial charge in [0.2, 0.25) is 5.82 Å². The predicted molar refractivity (Wildman–Crippen MR) is 119 cm³/mol. The van der Waals surface area contributed by atoms with Gasteiger partial charge < -0.3 is 0 Å². The molecule has 0 unspecified atom stereocenters. The van der Waals surface area contributed by atoms with Gasteiger partial charge in [0.05, 0.1) is 5.69 Å². The van der Waals surface area contributed by atoms with Crippen LogP contribution >= 0.6 is 0 Å². The number of carbonyl (C=O) groups excluding carboxylic acids is 2. The molecule has 0 bridgehead atoms. The molecule has 4 rings (SSSR count). The van der Waals surface area contributed by atoms with Gasteiger partial charge in [0, 0.05) is 11.3 Å². The Morgan fingerprint density at radius 2 is 1.62 bits per heavy atom. The van der Waals surface area contributed by atoms with Crippen LogP contribution in [-0.2, 0) is 6.42 Å². The van der Waals surface area contributed by atoms with Crippen LogP contribution in [0.2, 0.25) is 0 Å². The van der Waals surface area contributed by atoms with E-state index in [4.69, 9.17) is 0 Å². The molecule has 4 aromatic rings. The third-order valence-corrected chi connectivity index (χ3v) is 4.62. The second-order valence-corrected chi connectivity index (χ2v) is 7.66. The van der Waals surface area contributed by atoms with Crippen molar-refractivity contribution in [3.8, 4) is 17.1 Å². The third kappa shape index (κ3) is 4.72. The number of amides is 2. The second-order valence-electron chi connectivity index (χ2n) is 7.66. The van der Waals surface area contributed by atoms with Crippen molar-refractivity contribution in [3.05, 3.63) is 83.9 Å². The molecule has 2 amide bonds. The molecule has 0 saturated carbocycles. The summed E-state index contributed by atoms with van der Waals surface area (Å²) in [5.41, 5.74) is 7.33. The van der Waals surface area contributed by atoms with E-state index in [1.807, 2.05) is 60.7 Å². The average molecular weight is 429 g/mol. The summed E-state index contributed by atoms with van der Waals surface area (Å²) < 4.78 is 1.60. The van der Waals surface area contributed by atoms with E-state index in [2.05, 4.69) is 45.0 Å². The van der Waals surface area contributed by atoms with Crippen LogP contribution in [0.15, 0.2) is 66.7 Å². The largest absolute Gasteiger partial charge is 0.309 e. The summed E-state index contributed by atoms with van der Waals surface area (Å²) in [6, 6.07) is 20.5. The van der Waals surface area contributed by atoms with Gasteiger partial charge in [0.15, 0.2) is 11.5 Å². The van der Waals surface area contributed by atoms with Gasteiger partial charge in [-0.2, -0.15) is 5.10 Å². The van der Waals surface area contributed by atoms with E-state index >= 15 is 0 Å². The summed E-state index contributed by atoms with van der Waals surface area (Å²) >= 11 is 0. The minimum atomic E-state index is -0.636. The quantitative estimate of drug-likeness (QED) is 0.407. The van der Waals surface area contributed by atoms with E-state index in [0.717, 1.165) is 23.4 Å². The molecular weight excluding hydrogens is 406 g/mol. The molecule has 2 aromatic carbocycles. The number of benzene rings is 2. The molecule has 0 atom stereocenters. The molecule has 0 radical (unpaired) electrons. The molecule has 0 fully saturated rings. The number of rotatable bonds is 6. The van der Waals surface area contributed by atoms with Crippen LogP contribution in [0, 0.1) is 5.92 Å². The number of nitrogens with zero attached hydrogens (tertiary/aromatic N) is 4. The highest BCUT2D eigenvalue weighted by Gasteiger charge is 2.20. The Bertz CT molecular complexity index is 1160. The molecule has 32 heavy (non-hydrogen) atoms. The Kier molecular flexibility index (Phi) is 6.07. The van der Waals surface area contributed by atoms with Gasteiger partial charge in [-0.05, 0) is 30.5 Å². The monoisotopic (exact) mass is 429 g/mol. The van der Waals surface area contributed by atoms with Gasteiger partial charge in [-0.1, -0.05) is 62.4 Å². The predicted octanol–water partition coefficient (Wildman–Crippen LogP) is 2.93. The van der Waals surface area contributed by atoms with Crippen molar-refractivity contribution in [2.75, 3.05) is 0 Å². The third-order valence-electron chi connectivity index (χ3n) is 4.62. The fourth-order valence-electron chi connectivity index (χ4n) is 3.19. The number of hydrogen-bond acceptors (Lipinski definition) is 5.